The van der Waals surface area contributed by atoms with E-state index in [0.717, 1.165) is 6.07 Å². The Morgan fingerprint density at radius 2 is 1.81 bits per heavy atom. The molecular formula is C12H16F3N3O2S. The first-order valence-electron chi connectivity index (χ1n) is 6.41. The van der Waals surface area contributed by atoms with Gasteiger partial charge in [-0.1, -0.05) is 18.2 Å². The van der Waals surface area contributed by atoms with Crippen LogP contribution in [0.5, 0.6) is 0 Å². The molecule has 0 bridgehead atoms. The second-order valence-corrected chi connectivity index (χ2v) is 6.39. The van der Waals surface area contributed by atoms with Gasteiger partial charge in [0.1, 0.15) is 0 Å². The molecule has 0 unspecified atom stereocenters. The summed E-state index contributed by atoms with van der Waals surface area (Å²) in [5.41, 5.74) is -0.920. The van der Waals surface area contributed by atoms with Gasteiger partial charge >= 0.3 is 6.18 Å². The normalized spacial score (nSPS) is 17.9. The SMILES string of the molecule is O=S(=O)(NCc1ccccc1C(F)(F)F)N1CCNCC1. The molecule has 1 aliphatic rings. The number of nitrogens with zero attached hydrogens (tertiary/aromatic N) is 1. The first-order chi connectivity index (χ1) is 9.81. The van der Waals surface area contributed by atoms with Crippen molar-refractivity contribution < 1.29 is 21.6 Å². The molecule has 2 rings (SSSR count). The molecule has 1 aromatic carbocycles. The minimum atomic E-state index is -4.50. The van der Waals surface area contributed by atoms with Gasteiger partial charge in [-0.25, -0.2) is 0 Å². The van der Waals surface area contributed by atoms with Crippen LogP contribution >= 0.6 is 0 Å². The Morgan fingerprint density at radius 1 is 1.19 bits per heavy atom. The van der Waals surface area contributed by atoms with Crippen molar-refractivity contribution in [3.8, 4) is 0 Å². The van der Waals surface area contributed by atoms with Gasteiger partial charge in [-0.3, -0.25) is 0 Å². The molecule has 1 fully saturated rings. The van der Waals surface area contributed by atoms with Gasteiger partial charge in [0.25, 0.3) is 10.2 Å². The van der Waals surface area contributed by atoms with E-state index in [2.05, 4.69) is 10.0 Å². The standard InChI is InChI=1S/C12H16F3N3O2S/c13-12(14,15)11-4-2-1-3-10(11)9-17-21(19,20)18-7-5-16-6-8-18/h1-4,16-17H,5-9H2. The van der Waals surface area contributed by atoms with E-state index in [4.69, 9.17) is 0 Å². The number of hydrogen-bond acceptors (Lipinski definition) is 3. The molecule has 0 saturated carbocycles. The lowest BCUT2D eigenvalue weighted by atomic mass is 10.1. The molecule has 0 spiro atoms. The van der Waals surface area contributed by atoms with Crippen molar-refractivity contribution >= 4 is 10.2 Å². The zero-order chi connectivity index (χ0) is 15.5. The van der Waals surface area contributed by atoms with E-state index in [1.54, 1.807) is 0 Å². The Hall–Kier alpha value is -1.16. The largest absolute Gasteiger partial charge is 0.416 e. The maximum Gasteiger partial charge on any atom is 0.416 e. The fourth-order valence-corrected chi connectivity index (χ4v) is 3.28. The zero-order valence-electron chi connectivity index (χ0n) is 11.2. The monoisotopic (exact) mass is 323 g/mol. The van der Waals surface area contributed by atoms with Gasteiger partial charge in [-0.2, -0.15) is 30.6 Å². The molecule has 1 heterocycles. The molecule has 1 aromatic rings. The summed E-state index contributed by atoms with van der Waals surface area (Å²) in [6, 6.07) is 4.93. The number of nitrogens with one attached hydrogen (secondary N) is 2. The molecule has 0 amide bonds. The van der Waals surface area contributed by atoms with Crippen molar-refractivity contribution in [1.82, 2.24) is 14.3 Å². The van der Waals surface area contributed by atoms with Crippen molar-refractivity contribution in [2.75, 3.05) is 26.2 Å². The average Bonchev–Trinajstić information content (AvgIpc) is 2.45. The number of benzene rings is 1. The van der Waals surface area contributed by atoms with E-state index in [-0.39, 0.29) is 12.1 Å². The van der Waals surface area contributed by atoms with E-state index in [1.165, 1.54) is 22.5 Å². The highest BCUT2D eigenvalue weighted by Crippen LogP contribution is 2.31. The second-order valence-electron chi connectivity index (χ2n) is 4.63. The second kappa shape index (κ2) is 6.30. The molecule has 0 aromatic heterocycles. The van der Waals surface area contributed by atoms with Crippen molar-refractivity contribution in [3.63, 3.8) is 0 Å². The third kappa shape index (κ3) is 4.16. The van der Waals surface area contributed by atoms with Crippen LogP contribution in [0.1, 0.15) is 11.1 Å². The van der Waals surface area contributed by atoms with Crippen LogP contribution in [0.4, 0.5) is 13.2 Å². The van der Waals surface area contributed by atoms with Gasteiger partial charge in [-0.05, 0) is 11.6 Å². The third-order valence-corrected chi connectivity index (χ3v) is 4.74. The van der Waals surface area contributed by atoms with Gasteiger partial charge in [0, 0.05) is 32.7 Å². The average molecular weight is 323 g/mol. The molecule has 0 aliphatic carbocycles. The Morgan fingerprint density at radius 3 is 2.43 bits per heavy atom. The van der Waals surface area contributed by atoms with Gasteiger partial charge < -0.3 is 5.32 Å². The molecule has 1 saturated heterocycles. The highest BCUT2D eigenvalue weighted by Gasteiger charge is 2.33. The molecule has 1 aliphatic heterocycles. The summed E-state index contributed by atoms with van der Waals surface area (Å²) in [6.45, 7) is 1.27. The first-order valence-corrected chi connectivity index (χ1v) is 7.85. The number of alkyl halides is 3. The predicted molar refractivity (Wildman–Crippen MR) is 71.6 cm³/mol. The summed E-state index contributed by atoms with van der Waals surface area (Å²) in [5.74, 6) is 0. The highest BCUT2D eigenvalue weighted by molar-refractivity contribution is 7.87. The topological polar surface area (TPSA) is 61.4 Å². The third-order valence-electron chi connectivity index (χ3n) is 3.18. The number of hydrogen-bond donors (Lipinski definition) is 2. The quantitative estimate of drug-likeness (QED) is 0.867. The van der Waals surface area contributed by atoms with Crippen LogP contribution in [0.25, 0.3) is 0 Å². The molecule has 2 N–H and O–H groups in total. The van der Waals surface area contributed by atoms with Gasteiger partial charge in [0.15, 0.2) is 0 Å². The van der Waals surface area contributed by atoms with Crippen LogP contribution < -0.4 is 10.0 Å². The van der Waals surface area contributed by atoms with E-state index in [9.17, 15) is 21.6 Å². The van der Waals surface area contributed by atoms with Crippen LogP contribution in [0, 0.1) is 0 Å². The molecule has 118 valence electrons. The van der Waals surface area contributed by atoms with Crippen molar-refractivity contribution in [3.05, 3.63) is 35.4 Å². The van der Waals surface area contributed by atoms with Crippen LogP contribution in [-0.2, 0) is 22.9 Å². The Labute approximate surface area is 121 Å². The smallest absolute Gasteiger partial charge is 0.314 e. The summed E-state index contributed by atoms with van der Waals surface area (Å²) in [7, 11) is -3.77. The Balaban J connectivity index is 2.09. The number of rotatable bonds is 4. The van der Waals surface area contributed by atoms with Crippen LogP contribution in [-0.4, -0.2) is 38.9 Å². The predicted octanol–water partition coefficient (Wildman–Crippen LogP) is 0.945. The molecule has 5 nitrogen and oxygen atoms in total. The summed E-state index contributed by atoms with van der Waals surface area (Å²) < 4.78 is 66.0. The van der Waals surface area contributed by atoms with E-state index in [0.29, 0.717) is 26.2 Å². The van der Waals surface area contributed by atoms with Crippen molar-refractivity contribution in [1.29, 1.82) is 0 Å². The van der Waals surface area contributed by atoms with E-state index < -0.39 is 21.9 Å². The van der Waals surface area contributed by atoms with Crippen LogP contribution in [0.15, 0.2) is 24.3 Å². The first kappa shape index (κ1) is 16.2. The van der Waals surface area contributed by atoms with Crippen molar-refractivity contribution in [2.45, 2.75) is 12.7 Å². The number of piperazine rings is 1. The summed E-state index contributed by atoms with van der Waals surface area (Å²) in [4.78, 5) is 0. The van der Waals surface area contributed by atoms with Gasteiger partial charge in [-0.15, -0.1) is 0 Å². The fraction of sp³-hybridized carbons (Fsp3) is 0.500. The highest BCUT2D eigenvalue weighted by atomic mass is 32.2. The van der Waals surface area contributed by atoms with E-state index >= 15 is 0 Å². The summed E-state index contributed by atoms with van der Waals surface area (Å²) in [6.07, 6.45) is -4.50. The summed E-state index contributed by atoms with van der Waals surface area (Å²) in [5, 5.41) is 3.01. The van der Waals surface area contributed by atoms with Gasteiger partial charge in [0.2, 0.25) is 0 Å². The maximum atomic E-state index is 12.8. The zero-order valence-corrected chi connectivity index (χ0v) is 12.0. The maximum absolute atomic E-state index is 12.8. The van der Waals surface area contributed by atoms with Crippen LogP contribution in [0.2, 0.25) is 0 Å². The fourth-order valence-electron chi connectivity index (χ4n) is 2.10. The minimum absolute atomic E-state index is 0.0938. The lowest BCUT2D eigenvalue weighted by Gasteiger charge is -2.26. The van der Waals surface area contributed by atoms with Gasteiger partial charge in [0.05, 0.1) is 5.56 Å². The lowest BCUT2D eigenvalue weighted by Crippen LogP contribution is -2.50. The van der Waals surface area contributed by atoms with Crippen LogP contribution in [0.3, 0.4) is 0 Å². The molecule has 0 radical (unpaired) electrons. The summed E-state index contributed by atoms with van der Waals surface area (Å²) >= 11 is 0. The van der Waals surface area contributed by atoms with Crippen molar-refractivity contribution in [2.24, 2.45) is 0 Å². The molecule has 21 heavy (non-hydrogen) atoms. The Kier molecular flexibility index (Phi) is 4.87. The number of halogens is 3. The Bertz CT molecular complexity index is 584. The van der Waals surface area contributed by atoms with E-state index in [1.807, 2.05) is 0 Å². The molecule has 9 heteroatoms. The lowest BCUT2D eigenvalue weighted by molar-refractivity contribution is -0.138. The minimum Gasteiger partial charge on any atom is -0.314 e. The molecule has 0 atom stereocenters. The molecular weight excluding hydrogens is 307 g/mol.